The third-order valence-electron chi connectivity index (χ3n) is 5.07. The van der Waals surface area contributed by atoms with Crippen LogP contribution in [0.1, 0.15) is 53.1 Å². The van der Waals surface area contributed by atoms with Crippen molar-refractivity contribution in [2.24, 2.45) is 0 Å². The Hall–Kier alpha value is -0.910. The van der Waals surface area contributed by atoms with E-state index in [2.05, 4.69) is 25.1 Å². The lowest BCUT2D eigenvalue weighted by molar-refractivity contribution is -0.295. The summed E-state index contributed by atoms with van der Waals surface area (Å²) in [7, 11) is 0. The number of thiophene rings is 1. The molecular weight excluding hydrogens is 356 g/mol. The van der Waals surface area contributed by atoms with Crippen LogP contribution in [-0.2, 0) is 34.7 Å². The Labute approximate surface area is 157 Å². The second kappa shape index (κ2) is 6.67. The molecule has 3 heterocycles. The standard InChI is InChI=1S/C20H23ClO3S/c1-3-16-4-5-17(25-16)7-13-8-18-14(9-19(13)21)11-23-20(18)10-15(22)6-12(2)24-20/h4-5,8-9,12,15,22H,3,6-7,10-11H2,1-2H3/t12?,15?,20-/m1/s1. The van der Waals surface area contributed by atoms with Gasteiger partial charge in [-0.15, -0.1) is 11.3 Å². The van der Waals surface area contributed by atoms with Crippen molar-refractivity contribution in [2.45, 2.75) is 64.1 Å². The number of aryl methyl sites for hydroxylation is 1. The summed E-state index contributed by atoms with van der Waals surface area (Å²) in [6, 6.07) is 8.50. The maximum absolute atomic E-state index is 10.2. The van der Waals surface area contributed by atoms with Gasteiger partial charge in [0.15, 0.2) is 5.79 Å². The molecule has 1 saturated heterocycles. The summed E-state index contributed by atoms with van der Waals surface area (Å²) < 4.78 is 12.2. The van der Waals surface area contributed by atoms with Gasteiger partial charge in [0.1, 0.15) is 0 Å². The van der Waals surface area contributed by atoms with Crippen molar-refractivity contribution in [2.75, 3.05) is 0 Å². The van der Waals surface area contributed by atoms with E-state index in [9.17, 15) is 5.11 Å². The lowest BCUT2D eigenvalue weighted by Crippen LogP contribution is -2.43. The molecule has 0 amide bonds. The minimum atomic E-state index is -0.824. The van der Waals surface area contributed by atoms with Crippen molar-refractivity contribution >= 4 is 22.9 Å². The lowest BCUT2D eigenvalue weighted by Gasteiger charge is -2.39. The van der Waals surface area contributed by atoms with E-state index in [-0.39, 0.29) is 6.10 Å². The van der Waals surface area contributed by atoms with E-state index in [0.29, 0.717) is 19.4 Å². The zero-order valence-corrected chi connectivity index (χ0v) is 16.1. The third kappa shape index (κ3) is 3.26. The molecule has 5 heteroatoms. The van der Waals surface area contributed by atoms with E-state index in [1.165, 1.54) is 9.75 Å². The number of rotatable bonds is 3. The summed E-state index contributed by atoms with van der Waals surface area (Å²) in [5, 5.41) is 11.0. The van der Waals surface area contributed by atoms with Gasteiger partial charge in [-0.25, -0.2) is 0 Å². The first-order chi connectivity index (χ1) is 12.0. The third-order valence-corrected chi connectivity index (χ3v) is 6.66. The second-order valence-electron chi connectivity index (χ2n) is 7.06. The quantitative estimate of drug-likeness (QED) is 0.833. The summed E-state index contributed by atoms with van der Waals surface area (Å²) in [6.45, 7) is 4.64. The minimum absolute atomic E-state index is 0.0294. The zero-order valence-electron chi connectivity index (χ0n) is 14.5. The monoisotopic (exact) mass is 378 g/mol. The van der Waals surface area contributed by atoms with E-state index in [1.54, 1.807) is 0 Å². The Balaban J connectivity index is 1.68. The summed E-state index contributed by atoms with van der Waals surface area (Å²) in [6.07, 6.45) is 2.56. The number of halogens is 1. The van der Waals surface area contributed by atoms with Crippen molar-refractivity contribution in [3.63, 3.8) is 0 Å². The summed E-state index contributed by atoms with van der Waals surface area (Å²) in [4.78, 5) is 2.70. The highest BCUT2D eigenvalue weighted by molar-refractivity contribution is 7.12. The van der Waals surface area contributed by atoms with E-state index >= 15 is 0 Å². The fourth-order valence-corrected chi connectivity index (χ4v) is 5.13. The highest BCUT2D eigenvalue weighted by Gasteiger charge is 2.47. The van der Waals surface area contributed by atoms with E-state index in [0.717, 1.165) is 34.6 Å². The molecule has 4 rings (SSSR count). The average Bonchev–Trinajstić information content (AvgIpc) is 3.13. The molecular formula is C20H23ClO3S. The molecule has 1 aromatic carbocycles. The molecule has 1 N–H and O–H groups in total. The molecule has 1 fully saturated rings. The molecule has 0 saturated carbocycles. The SMILES string of the molecule is CCc1ccc(Cc2cc3c(cc2Cl)CO[C@@]32CC(O)CC(C)O2)s1. The molecule has 1 aromatic heterocycles. The number of hydrogen-bond donors (Lipinski definition) is 1. The molecule has 2 unspecified atom stereocenters. The van der Waals surface area contributed by atoms with Crippen LogP contribution in [0.15, 0.2) is 24.3 Å². The molecule has 0 bridgehead atoms. The van der Waals surface area contributed by atoms with Crippen LogP contribution in [-0.4, -0.2) is 17.3 Å². The molecule has 134 valence electrons. The van der Waals surface area contributed by atoms with Crippen molar-refractivity contribution in [1.29, 1.82) is 0 Å². The molecule has 0 aliphatic carbocycles. The van der Waals surface area contributed by atoms with Crippen LogP contribution in [0.4, 0.5) is 0 Å². The number of aliphatic hydroxyl groups excluding tert-OH is 1. The average molecular weight is 379 g/mol. The first-order valence-corrected chi connectivity index (χ1v) is 10.1. The van der Waals surface area contributed by atoms with Crippen molar-refractivity contribution in [1.82, 2.24) is 0 Å². The van der Waals surface area contributed by atoms with Crippen LogP contribution in [0.5, 0.6) is 0 Å². The molecule has 25 heavy (non-hydrogen) atoms. The van der Waals surface area contributed by atoms with Gasteiger partial charge >= 0.3 is 0 Å². The molecule has 3 atom stereocenters. The van der Waals surface area contributed by atoms with E-state index in [1.807, 2.05) is 24.3 Å². The first-order valence-electron chi connectivity index (χ1n) is 8.88. The Morgan fingerprint density at radius 1 is 1.32 bits per heavy atom. The zero-order chi connectivity index (χ0) is 17.6. The van der Waals surface area contributed by atoms with Crippen molar-refractivity contribution in [3.8, 4) is 0 Å². The fourth-order valence-electron chi connectivity index (χ4n) is 3.90. The highest BCUT2D eigenvalue weighted by atomic mass is 35.5. The number of benzene rings is 1. The van der Waals surface area contributed by atoms with Crippen LogP contribution in [0.25, 0.3) is 0 Å². The van der Waals surface area contributed by atoms with Gasteiger partial charge in [-0.3, -0.25) is 0 Å². The van der Waals surface area contributed by atoms with Gasteiger partial charge in [-0.1, -0.05) is 18.5 Å². The van der Waals surface area contributed by atoms with Crippen LogP contribution in [0, 0.1) is 0 Å². The maximum Gasteiger partial charge on any atom is 0.198 e. The number of hydrogen-bond acceptors (Lipinski definition) is 4. The Morgan fingerprint density at radius 2 is 2.12 bits per heavy atom. The second-order valence-corrected chi connectivity index (χ2v) is 8.72. The summed E-state index contributed by atoms with van der Waals surface area (Å²) >= 11 is 8.38. The number of ether oxygens (including phenoxy) is 2. The molecule has 2 aliphatic heterocycles. The topological polar surface area (TPSA) is 38.7 Å². The molecule has 2 aromatic rings. The number of fused-ring (bicyclic) bond motifs is 2. The van der Waals surface area contributed by atoms with Gasteiger partial charge < -0.3 is 14.6 Å². The van der Waals surface area contributed by atoms with Gasteiger partial charge in [-0.2, -0.15) is 0 Å². The van der Waals surface area contributed by atoms with Crippen LogP contribution >= 0.6 is 22.9 Å². The Bertz CT molecular complexity index is 775. The van der Waals surface area contributed by atoms with Gasteiger partial charge in [0.2, 0.25) is 0 Å². The van der Waals surface area contributed by atoms with Gasteiger partial charge in [0, 0.05) is 33.2 Å². The first kappa shape index (κ1) is 17.5. The van der Waals surface area contributed by atoms with Crippen LogP contribution < -0.4 is 0 Å². The number of aliphatic hydroxyl groups is 1. The fraction of sp³-hybridized carbons (Fsp3) is 0.500. The van der Waals surface area contributed by atoms with Crippen molar-refractivity contribution in [3.05, 3.63) is 55.7 Å². The van der Waals surface area contributed by atoms with Gasteiger partial charge in [0.25, 0.3) is 0 Å². The maximum atomic E-state index is 10.2. The molecule has 0 radical (unpaired) electrons. The molecule has 3 nitrogen and oxygen atoms in total. The predicted molar refractivity (Wildman–Crippen MR) is 100 cm³/mol. The normalized spacial score (nSPS) is 28.5. The van der Waals surface area contributed by atoms with Crippen molar-refractivity contribution < 1.29 is 14.6 Å². The minimum Gasteiger partial charge on any atom is -0.393 e. The highest BCUT2D eigenvalue weighted by Crippen LogP contribution is 2.47. The van der Waals surface area contributed by atoms with Crippen LogP contribution in [0.2, 0.25) is 5.02 Å². The van der Waals surface area contributed by atoms with E-state index < -0.39 is 11.9 Å². The molecule has 2 aliphatic rings. The molecule has 1 spiro atoms. The summed E-state index contributed by atoms with van der Waals surface area (Å²) in [5.41, 5.74) is 3.19. The van der Waals surface area contributed by atoms with Gasteiger partial charge in [-0.05, 0) is 55.2 Å². The smallest absolute Gasteiger partial charge is 0.198 e. The Kier molecular flexibility index (Phi) is 4.67. The van der Waals surface area contributed by atoms with Crippen LogP contribution in [0.3, 0.4) is 0 Å². The lowest BCUT2D eigenvalue weighted by atomic mass is 9.90. The Morgan fingerprint density at radius 3 is 2.84 bits per heavy atom. The van der Waals surface area contributed by atoms with Gasteiger partial charge in [0.05, 0.1) is 18.8 Å². The summed E-state index contributed by atoms with van der Waals surface area (Å²) in [5.74, 6) is -0.824. The van der Waals surface area contributed by atoms with E-state index in [4.69, 9.17) is 21.1 Å². The largest absolute Gasteiger partial charge is 0.393 e. The predicted octanol–water partition coefficient (Wildman–Crippen LogP) is 4.80.